The predicted molar refractivity (Wildman–Crippen MR) is 110 cm³/mol. The Kier molecular flexibility index (Phi) is 6.01. The van der Waals surface area contributed by atoms with Gasteiger partial charge in [0.15, 0.2) is 6.04 Å². The first-order chi connectivity index (χ1) is 13.0. The summed E-state index contributed by atoms with van der Waals surface area (Å²) in [5.41, 5.74) is 4.78. The molecule has 1 atom stereocenters. The average Bonchev–Trinajstić information content (AvgIpc) is 2.70. The van der Waals surface area contributed by atoms with Gasteiger partial charge in [0.25, 0.3) is 5.91 Å². The van der Waals surface area contributed by atoms with Crippen LogP contribution in [0.4, 0.5) is 11.4 Å². The standard InChI is InChI=1S/C22H29N3O2/c1-16-7-5-10-21(17(16)2)25-13-11-24(12-14-25)18(3)22(26)23-19-8-6-9-20(15-19)27-4/h5-10,15,18H,11-14H2,1-4H3,(H,23,26)/p+1/t18-/m0/s1. The lowest BCUT2D eigenvalue weighted by molar-refractivity contribution is -0.914. The largest absolute Gasteiger partial charge is 0.497 e. The van der Waals surface area contributed by atoms with E-state index in [-0.39, 0.29) is 11.9 Å². The molecule has 2 aromatic carbocycles. The van der Waals surface area contributed by atoms with Crippen molar-refractivity contribution >= 4 is 17.3 Å². The van der Waals surface area contributed by atoms with Gasteiger partial charge in [-0.1, -0.05) is 18.2 Å². The Morgan fingerprint density at radius 1 is 1.15 bits per heavy atom. The van der Waals surface area contributed by atoms with Gasteiger partial charge in [-0.3, -0.25) is 4.79 Å². The summed E-state index contributed by atoms with van der Waals surface area (Å²) in [4.78, 5) is 16.4. The second-order valence-corrected chi connectivity index (χ2v) is 7.31. The Labute approximate surface area is 161 Å². The highest BCUT2D eigenvalue weighted by molar-refractivity contribution is 5.93. The van der Waals surface area contributed by atoms with Gasteiger partial charge >= 0.3 is 0 Å². The molecular formula is C22H30N3O2+. The number of nitrogens with one attached hydrogen (secondary N) is 2. The Hall–Kier alpha value is -2.53. The van der Waals surface area contributed by atoms with Gasteiger partial charge in [-0.15, -0.1) is 0 Å². The maximum Gasteiger partial charge on any atom is 0.282 e. The van der Waals surface area contributed by atoms with Gasteiger partial charge in [-0.05, 0) is 50.1 Å². The number of hydrogen-bond donors (Lipinski definition) is 2. The van der Waals surface area contributed by atoms with E-state index in [4.69, 9.17) is 4.74 Å². The van der Waals surface area contributed by atoms with Crippen molar-refractivity contribution in [3.8, 4) is 5.75 Å². The number of aryl methyl sites for hydroxylation is 1. The molecule has 1 saturated heterocycles. The van der Waals surface area contributed by atoms with E-state index in [1.807, 2.05) is 31.2 Å². The molecule has 1 fully saturated rings. The lowest BCUT2D eigenvalue weighted by atomic mass is 10.1. The summed E-state index contributed by atoms with van der Waals surface area (Å²) in [7, 11) is 1.63. The molecule has 1 heterocycles. The molecule has 0 radical (unpaired) electrons. The number of piperazine rings is 1. The number of carbonyl (C=O) groups excluding carboxylic acids is 1. The minimum absolute atomic E-state index is 0.0541. The van der Waals surface area contributed by atoms with Crippen LogP contribution in [0.25, 0.3) is 0 Å². The van der Waals surface area contributed by atoms with Gasteiger partial charge in [-0.25, -0.2) is 0 Å². The third-order valence-electron chi connectivity index (χ3n) is 5.67. The van der Waals surface area contributed by atoms with Gasteiger partial charge in [0, 0.05) is 17.4 Å². The Balaban J connectivity index is 1.58. The van der Waals surface area contributed by atoms with E-state index >= 15 is 0 Å². The fourth-order valence-corrected chi connectivity index (χ4v) is 3.68. The summed E-state index contributed by atoms with van der Waals surface area (Å²) in [6.45, 7) is 10.2. The minimum atomic E-state index is -0.0862. The Morgan fingerprint density at radius 2 is 1.85 bits per heavy atom. The van der Waals surface area contributed by atoms with Crippen LogP contribution < -0.4 is 19.9 Å². The minimum Gasteiger partial charge on any atom is -0.497 e. The summed E-state index contributed by atoms with van der Waals surface area (Å²) >= 11 is 0. The van der Waals surface area contributed by atoms with Gasteiger partial charge in [-0.2, -0.15) is 0 Å². The predicted octanol–water partition coefficient (Wildman–Crippen LogP) is 2.04. The van der Waals surface area contributed by atoms with E-state index in [2.05, 4.69) is 42.3 Å². The number of hydrogen-bond acceptors (Lipinski definition) is 3. The first-order valence-corrected chi connectivity index (χ1v) is 9.60. The SMILES string of the molecule is COc1cccc(NC(=O)[C@H](C)[NH+]2CCN(c3cccc(C)c3C)CC2)c1. The number of methoxy groups -OCH3 is 1. The molecule has 2 aromatic rings. The molecule has 1 amide bonds. The highest BCUT2D eigenvalue weighted by Gasteiger charge is 2.29. The van der Waals surface area contributed by atoms with Crippen LogP contribution in [0.5, 0.6) is 5.75 Å². The van der Waals surface area contributed by atoms with Gasteiger partial charge in [0.05, 0.1) is 33.3 Å². The third-order valence-corrected chi connectivity index (χ3v) is 5.67. The number of amides is 1. The van der Waals surface area contributed by atoms with Crippen molar-refractivity contribution in [2.75, 3.05) is 43.5 Å². The number of quaternary nitrogens is 1. The number of nitrogens with zero attached hydrogens (tertiary/aromatic N) is 1. The van der Waals surface area contributed by atoms with Crippen LogP contribution in [0.15, 0.2) is 42.5 Å². The quantitative estimate of drug-likeness (QED) is 0.849. The Bertz CT molecular complexity index is 798. The number of carbonyl (C=O) groups is 1. The molecule has 27 heavy (non-hydrogen) atoms. The smallest absolute Gasteiger partial charge is 0.282 e. The molecule has 0 aliphatic carbocycles. The van der Waals surface area contributed by atoms with Crippen LogP contribution in [0.1, 0.15) is 18.1 Å². The Morgan fingerprint density at radius 3 is 2.56 bits per heavy atom. The van der Waals surface area contributed by atoms with Crippen molar-refractivity contribution in [1.82, 2.24) is 0 Å². The first-order valence-electron chi connectivity index (χ1n) is 9.60. The van der Waals surface area contributed by atoms with Crippen molar-refractivity contribution < 1.29 is 14.4 Å². The van der Waals surface area contributed by atoms with Gasteiger partial charge < -0.3 is 19.9 Å². The van der Waals surface area contributed by atoms with Gasteiger partial charge in [0.2, 0.25) is 0 Å². The molecule has 144 valence electrons. The van der Waals surface area contributed by atoms with Crippen molar-refractivity contribution in [2.45, 2.75) is 26.8 Å². The van der Waals surface area contributed by atoms with Crippen molar-refractivity contribution in [3.05, 3.63) is 53.6 Å². The van der Waals surface area contributed by atoms with Gasteiger partial charge in [0.1, 0.15) is 5.75 Å². The van der Waals surface area contributed by atoms with Crippen LogP contribution in [0.2, 0.25) is 0 Å². The molecule has 5 heteroatoms. The van der Waals surface area contributed by atoms with E-state index < -0.39 is 0 Å². The van der Waals surface area contributed by atoms with Crippen molar-refractivity contribution in [3.63, 3.8) is 0 Å². The zero-order valence-corrected chi connectivity index (χ0v) is 16.7. The topological polar surface area (TPSA) is 46.0 Å². The zero-order valence-electron chi connectivity index (χ0n) is 16.7. The lowest BCUT2D eigenvalue weighted by Gasteiger charge is -2.36. The van der Waals surface area contributed by atoms with Crippen LogP contribution in [-0.2, 0) is 4.79 Å². The number of ether oxygens (including phenoxy) is 1. The maximum atomic E-state index is 12.7. The first kappa shape index (κ1) is 19.2. The monoisotopic (exact) mass is 368 g/mol. The summed E-state index contributed by atoms with van der Waals surface area (Å²) in [5.74, 6) is 0.799. The maximum absolute atomic E-state index is 12.7. The molecule has 0 unspecified atom stereocenters. The molecule has 2 N–H and O–H groups in total. The summed E-state index contributed by atoms with van der Waals surface area (Å²) in [6.07, 6.45) is 0. The second-order valence-electron chi connectivity index (χ2n) is 7.31. The van der Waals surface area contributed by atoms with Crippen molar-refractivity contribution in [1.29, 1.82) is 0 Å². The highest BCUT2D eigenvalue weighted by atomic mass is 16.5. The summed E-state index contributed by atoms with van der Waals surface area (Å²) < 4.78 is 5.22. The third kappa shape index (κ3) is 4.42. The van der Waals surface area contributed by atoms with Crippen molar-refractivity contribution in [2.24, 2.45) is 0 Å². The zero-order chi connectivity index (χ0) is 19.4. The van der Waals surface area contributed by atoms with E-state index in [9.17, 15) is 4.79 Å². The highest BCUT2D eigenvalue weighted by Crippen LogP contribution is 2.22. The lowest BCUT2D eigenvalue weighted by Crippen LogP contribution is -3.19. The summed E-state index contributed by atoms with van der Waals surface area (Å²) in [5, 5.41) is 3.02. The van der Waals surface area contributed by atoms with E-state index in [1.165, 1.54) is 21.7 Å². The van der Waals surface area contributed by atoms with E-state index in [1.54, 1.807) is 7.11 Å². The van der Waals surface area contributed by atoms with Crippen LogP contribution >= 0.6 is 0 Å². The number of benzene rings is 2. The van der Waals surface area contributed by atoms with E-state index in [0.717, 1.165) is 37.6 Å². The van der Waals surface area contributed by atoms with Crippen LogP contribution in [0, 0.1) is 13.8 Å². The molecule has 0 saturated carbocycles. The fourth-order valence-electron chi connectivity index (χ4n) is 3.68. The van der Waals surface area contributed by atoms with Crippen LogP contribution in [0.3, 0.4) is 0 Å². The molecular weight excluding hydrogens is 338 g/mol. The second kappa shape index (κ2) is 8.44. The molecule has 3 rings (SSSR count). The fraction of sp³-hybridized carbons (Fsp3) is 0.409. The number of rotatable bonds is 5. The average molecular weight is 369 g/mol. The molecule has 5 nitrogen and oxygen atoms in total. The number of anilines is 2. The molecule has 0 spiro atoms. The molecule has 1 aliphatic rings. The van der Waals surface area contributed by atoms with E-state index in [0.29, 0.717) is 0 Å². The molecule has 1 aliphatic heterocycles. The molecule has 0 aromatic heterocycles. The normalized spacial score (nSPS) is 16.1. The van der Waals surface area contributed by atoms with Crippen LogP contribution in [-0.4, -0.2) is 45.2 Å². The summed E-state index contributed by atoms with van der Waals surface area (Å²) in [6, 6.07) is 13.9. The molecule has 0 bridgehead atoms.